The summed E-state index contributed by atoms with van der Waals surface area (Å²) in [4.78, 5) is 40.3. The van der Waals surface area contributed by atoms with Crippen LogP contribution in [0.1, 0.15) is 56.8 Å². The maximum absolute atomic E-state index is 14.3. The van der Waals surface area contributed by atoms with Crippen LogP contribution in [-0.2, 0) is 10.2 Å². The molecule has 0 saturated heterocycles. The smallest absolute Gasteiger partial charge is 0.334 e. The van der Waals surface area contributed by atoms with Gasteiger partial charge in [0.05, 0.1) is 22.3 Å². The van der Waals surface area contributed by atoms with Gasteiger partial charge in [0.25, 0.3) is 0 Å². The highest BCUT2D eigenvalue weighted by Gasteiger charge is 2.67. The fourth-order valence-electron chi connectivity index (χ4n) is 7.07. The zero-order chi connectivity index (χ0) is 29.5. The molecular weight excluding hydrogens is 583 g/mol. The number of carbonyl (C=O) groups is 2. The van der Waals surface area contributed by atoms with E-state index in [2.05, 4.69) is 5.16 Å². The predicted molar refractivity (Wildman–Crippen MR) is 152 cm³/mol. The normalized spacial score (nSPS) is 25.8. The van der Waals surface area contributed by atoms with Gasteiger partial charge in [0, 0.05) is 21.5 Å². The minimum atomic E-state index is -1.48. The van der Waals surface area contributed by atoms with E-state index in [0.717, 1.165) is 5.56 Å². The molecule has 1 fully saturated rings. The van der Waals surface area contributed by atoms with Crippen LogP contribution >= 0.6 is 23.2 Å². The van der Waals surface area contributed by atoms with E-state index in [0.29, 0.717) is 33.2 Å². The number of halogens is 2. The third kappa shape index (κ3) is 3.66. The molecule has 1 spiro atoms. The molecule has 9 nitrogen and oxygen atoms in total. The van der Waals surface area contributed by atoms with E-state index in [4.69, 9.17) is 37.2 Å². The quantitative estimate of drug-likeness (QED) is 0.107. The van der Waals surface area contributed by atoms with Crippen LogP contribution < -0.4 is 9.47 Å². The van der Waals surface area contributed by atoms with E-state index in [1.807, 2.05) is 13.0 Å². The summed E-state index contributed by atoms with van der Waals surface area (Å²) in [5.74, 6) is -3.10. The lowest BCUT2D eigenvalue weighted by Crippen LogP contribution is -2.57. The lowest BCUT2D eigenvalue weighted by molar-refractivity contribution is -0.387. The molecule has 1 aliphatic carbocycles. The molecule has 5 atom stereocenters. The average Bonchev–Trinajstić information content (AvgIpc) is 3.46. The Morgan fingerprint density at radius 3 is 2.57 bits per heavy atom. The van der Waals surface area contributed by atoms with Gasteiger partial charge in [-0.2, -0.15) is 0 Å². The summed E-state index contributed by atoms with van der Waals surface area (Å²) in [6.45, 7) is 3.34. The van der Waals surface area contributed by atoms with Gasteiger partial charge >= 0.3 is 11.7 Å². The molecule has 1 aromatic heterocycles. The second-order valence-electron chi connectivity index (χ2n) is 11.0. The summed E-state index contributed by atoms with van der Waals surface area (Å²) in [5.41, 5.74) is 0.508. The minimum Gasteiger partial charge on any atom is -0.488 e. The maximum Gasteiger partial charge on any atom is 0.334 e. The largest absolute Gasteiger partial charge is 0.488 e. The van der Waals surface area contributed by atoms with Crippen molar-refractivity contribution in [3.8, 4) is 11.5 Å². The molecule has 2 aliphatic heterocycles. The number of ether oxygens (including phenoxy) is 2. The summed E-state index contributed by atoms with van der Waals surface area (Å²) in [6.07, 6.45) is -0.942. The number of carbonyl (C=O) groups excluding carboxylic acids is 2. The first-order chi connectivity index (χ1) is 20.1. The molecule has 3 heterocycles. The number of fused-ring (bicyclic) bond motifs is 4. The van der Waals surface area contributed by atoms with Gasteiger partial charge in [0.1, 0.15) is 23.0 Å². The van der Waals surface area contributed by atoms with Crippen LogP contribution in [0.3, 0.4) is 0 Å². The Morgan fingerprint density at radius 2 is 1.81 bits per heavy atom. The van der Waals surface area contributed by atoms with Gasteiger partial charge in [0.15, 0.2) is 11.5 Å². The van der Waals surface area contributed by atoms with Crippen molar-refractivity contribution in [3.63, 3.8) is 0 Å². The molecule has 3 aliphatic rings. The third-order valence-electron chi connectivity index (χ3n) is 8.76. The van der Waals surface area contributed by atoms with E-state index in [1.54, 1.807) is 54.6 Å². The Morgan fingerprint density at radius 1 is 1.02 bits per heavy atom. The molecule has 0 N–H and O–H groups in total. The van der Waals surface area contributed by atoms with Crippen molar-refractivity contribution in [2.45, 2.75) is 43.6 Å². The van der Waals surface area contributed by atoms with Gasteiger partial charge in [-0.05, 0) is 56.2 Å². The summed E-state index contributed by atoms with van der Waals surface area (Å²) in [7, 11) is 0. The number of rotatable bonds is 3. The first-order valence-corrected chi connectivity index (χ1v) is 14.1. The highest BCUT2D eigenvalue weighted by molar-refractivity contribution is 6.35. The zero-order valence-electron chi connectivity index (χ0n) is 22.3. The van der Waals surface area contributed by atoms with E-state index in [-0.39, 0.29) is 34.4 Å². The first kappa shape index (κ1) is 26.7. The number of aromatic nitrogens is 1. The van der Waals surface area contributed by atoms with Crippen molar-refractivity contribution < 1.29 is 28.5 Å². The zero-order valence-corrected chi connectivity index (χ0v) is 23.8. The molecule has 212 valence electrons. The molecule has 0 radical (unpaired) electrons. The van der Waals surface area contributed by atoms with Crippen molar-refractivity contribution in [1.29, 1.82) is 0 Å². The summed E-state index contributed by atoms with van der Waals surface area (Å²) in [6, 6.07) is 17.1. The molecule has 4 aromatic rings. The average molecular weight is 605 g/mol. The van der Waals surface area contributed by atoms with Gasteiger partial charge in [-0.25, -0.2) is 0 Å². The monoisotopic (exact) mass is 604 g/mol. The number of aryl methyl sites for hydroxylation is 2. The predicted octanol–water partition coefficient (Wildman–Crippen LogP) is 6.89. The van der Waals surface area contributed by atoms with Crippen LogP contribution in [0.2, 0.25) is 10.0 Å². The van der Waals surface area contributed by atoms with Gasteiger partial charge in [0.2, 0.25) is 5.76 Å². The maximum atomic E-state index is 14.3. The van der Waals surface area contributed by atoms with Gasteiger partial charge in [-0.15, -0.1) is 0 Å². The Bertz CT molecular complexity index is 1840. The van der Waals surface area contributed by atoms with E-state index >= 15 is 0 Å². The number of nitro groups is 1. The van der Waals surface area contributed by atoms with Crippen LogP contribution in [-0.4, -0.2) is 27.9 Å². The molecule has 0 unspecified atom stereocenters. The molecule has 3 aromatic carbocycles. The standard InChI is InChI=1S/C31H22Cl2N2O7/c1-14-7-10-22-18(11-14)27(36)19-13-31(20-5-3-4-6-23(20)41-30(31)37)25(17-9-8-16(32)12-21(17)33)24(28(19)40-22)29-26(35(38)39)15(2)34-42-29/h3-12,19,24-25,28H,13H2,1-2H3/t19-,24-,25-,28-,31-/m1/s1. The fourth-order valence-corrected chi connectivity index (χ4v) is 7.59. The van der Waals surface area contributed by atoms with Crippen molar-refractivity contribution in [3.05, 3.63) is 115 Å². The Hall–Kier alpha value is -4.21. The third-order valence-corrected chi connectivity index (χ3v) is 9.32. The van der Waals surface area contributed by atoms with Crippen LogP contribution in [0.5, 0.6) is 11.5 Å². The molecule has 7 rings (SSSR count). The number of hydrogen-bond acceptors (Lipinski definition) is 8. The topological polar surface area (TPSA) is 122 Å². The SMILES string of the molecule is Cc1ccc2c(c1)C(=O)[C@H]1C[C@]3(C(=O)Oc4ccccc43)[C@H](c3ccc(Cl)cc3Cl)[C@@H](c3onc(C)c3[N+](=O)[O-])[C@@H]1O2. The van der Waals surface area contributed by atoms with E-state index in [1.165, 1.54) is 6.92 Å². The first-order valence-electron chi connectivity index (χ1n) is 13.3. The van der Waals surface area contributed by atoms with Gasteiger partial charge in [-0.1, -0.05) is 64.3 Å². The molecule has 11 heteroatoms. The van der Waals surface area contributed by atoms with Crippen molar-refractivity contribution in [1.82, 2.24) is 5.16 Å². The molecular formula is C31H22Cl2N2O7. The lowest BCUT2D eigenvalue weighted by atomic mass is 9.52. The van der Waals surface area contributed by atoms with Crippen LogP contribution in [0.15, 0.2) is 65.2 Å². The number of nitrogens with zero attached hydrogens (tertiary/aromatic N) is 2. The highest BCUT2D eigenvalue weighted by atomic mass is 35.5. The van der Waals surface area contributed by atoms with E-state index in [9.17, 15) is 19.7 Å². The molecule has 0 amide bonds. The number of ketones is 1. The number of Topliss-reactive ketones (excluding diaryl/α,β-unsaturated/α-hetero) is 1. The summed E-state index contributed by atoms with van der Waals surface area (Å²) >= 11 is 13.1. The van der Waals surface area contributed by atoms with Gasteiger partial charge in [-0.3, -0.25) is 19.7 Å². The van der Waals surface area contributed by atoms with E-state index < -0.39 is 40.2 Å². The van der Waals surface area contributed by atoms with Crippen LogP contribution in [0, 0.1) is 29.9 Å². The number of para-hydroxylation sites is 1. The Labute approximate surface area is 249 Å². The highest BCUT2D eigenvalue weighted by Crippen LogP contribution is 2.64. The van der Waals surface area contributed by atoms with Crippen molar-refractivity contribution in [2.24, 2.45) is 5.92 Å². The molecule has 1 saturated carbocycles. The minimum absolute atomic E-state index is 0.0147. The molecule has 0 bridgehead atoms. The second-order valence-corrected chi connectivity index (χ2v) is 11.9. The molecule has 42 heavy (non-hydrogen) atoms. The summed E-state index contributed by atoms with van der Waals surface area (Å²) < 4.78 is 18.1. The summed E-state index contributed by atoms with van der Waals surface area (Å²) in [5, 5.41) is 16.9. The Balaban J connectivity index is 1.58. The number of benzene rings is 3. The van der Waals surface area contributed by atoms with Crippen LogP contribution in [0.25, 0.3) is 0 Å². The Kier molecular flexibility index (Phi) is 5.97. The van der Waals surface area contributed by atoms with Gasteiger partial charge < -0.3 is 14.0 Å². The van der Waals surface area contributed by atoms with Crippen molar-refractivity contribution in [2.75, 3.05) is 0 Å². The number of hydrogen-bond donors (Lipinski definition) is 0. The lowest BCUT2D eigenvalue weighted by Gasteiger charge is -2.51. The second kappa shape index (κ2) is 9.40. The fraction of sp³-hybridized carbons (Fsp3) is 0.258. The van der Waals surface area contributed by atoms with Crippen molar-refractivity contribution >= 4 is 40.6 Å². The number of esters is 1. The van der Waals surface area contributed by atoms with Crippen LogP contribution in [0.4, 0.5) is 5.69 Å².